The number of hydrogen-bond donors (Lipinski definition) is 3. The van der Waals surface area contributed by atoms with Crippen molar-refractivity contribution in [2.75, 3.05) is 13.2 Å². The molecule has 20 heavy (non-hydrogen) atoms. The molecule has 1 fully saturated rings. The molecule has 0 aliphatic carbocycles. The highest BCUT2D eigenvalue weighted by molar-refractivity contribution is 7.89. The molecule has 2 heterocycles. The summed E-state index contributed by atoms with van der Waals surface area (Å²) >= 11 is 0. The van der Waals surface area contributed by atoms with Crippen molar-refractivity contribution in [2.45, 2.75) is 30.7 Å². The fourth-order valence-corrected chi connectivity index (χ4v) is 2.79. The van der Waals surface area contributed by atoms with Gasteiger partial charge in [-0.1, -0.05) is 0 Å². The lowest BCUT2D eigenvalue weighted by Gasteiger charge is -2.28. The molecule has 1 atom stereocenters. The number of aromatic nitrogens is 1. The van der Waals surface area contributed by atoms with Gasteiger partial charge in [0.1, 0.15) is 5.69 Å². The lowest BCUT2D eigenvalue weighted by atomic mass is 9.93. The van der Waals surface area contributed by atoms with Crippen LogP contribution < -0.4 is 10.5 Å². The Kier molecular flexibility index (Phi) is 4.46. The molecule has 0 spiro atoms. The summed E-state index contributed by atoms with van der Waals surface area (Å²) in [5.74, 6) is 0.0410. The fourth-order valence-electron chi connectivity index (χ4n) is 2.29. The van der Waals surface area contributed by atoms with Crippen molar-refractivity contribution in [1.82, 2.24) is 10.3 Å². The zero-order chi connectivity index (χ0) is 14.8. The van der Waals surface area contributed by atoms with Crippen LogP contribution in [0.15, 0.2) is 17.2 Å². The summed E-state index contributed by atoms with van der Waals surface area (Å²) in [6, 6.07) is 1.24. The Morgan fingerprint density at radius 1 is 1.50 bits per heavy atom. The molecule has 1 aromatic rings. The fraction of sp³-hybridized carbons (Fsp3) is 0.583. The molecular formula is C12H19N3O4S. The molecule has 0 bridgehead atoms. The number of aromatic amines is 1. The van der Waals surface area contributed by atoms with Gasteiger partial charge in [-0.25, -0.2) is 13.6 Å². The molecule has 2 rings (SSSR count). The Balaban J connectivity index is 1.99. The smallest absolute Gasteiger partial charge is 0.267 e. The monoisotopic (exact) mass is 301 g/mol. The van der Waals surface area contributed by atoms with Gasteiger partial charge in [0.15, 0.2) is 0 Å². The second kappa shape index (κ2) is 5.94. The highest BCUT2D eigenvalue weighted by atomic mass is 32.2. The number of carbonyl (C=O) groups is 1. The molecule has 8 heteroatoms. The number of primary sulfonamides is 1. The quantitative estimate of drug-likeness (QED) is 0.737. The molecule has 0 radical (unpaired) electrons. The molecule has 1 aromatic heterocycles. The van der Waals surface area contributed by atoms with Crippen LogP contribution in [-0.2, 0) is 14.8 Å². The molecule has 0 aromatic carbocycles. The van der Waals surface area contributed by atoms with Gasteiger partial charge in [0.05, 0.1) is 4.90 Å². The van der Waals surface area contributed by atoms with Crippen molar-refractivity contribution in [3.8, 4) is 0 Å². The molecular weight excluding hydrogens is 282 g/mol. The summed E-state index contributed by atoms with van der Waals surface area (Å²) in [5, 5.41) is 7.86. The van der Waals surface area contributed by atoms with E-state index in [4.69, 9.17) is 9.88 Å². The maximum Gasteiger partial charge on any atom is 0.267 e. The molecule has 1 saturated heterocycles. The highest BCUT2D eigenvalue weighted by Crippen LogP contribution is 2.19. The van der Waals surface area contributed by atoms with E-state index in [2.05, 4.69) is 10.3 Å². The third-order valence-corrected chi connectivity index (χ3v) is 4.45. The summed E-state index contributed by atoms with van der Waals surface area (Å²) < 4.78 is 27.6. The Morgan fingerprint density at radius 3 is 2.70 bits per heavy atom. The van der Waals surface area contributed by atoms with E-state index >= 15 is 0 Å². The van der Waals surface area contributed by atoms with E-state index in [0.29, 0.717) is 19.1 Å². The van der Waals surface area contributed by atoms with Gasteiger partial charge in [0, 0.05) is 25.5 Å². The van der Waals surface area contributed by atoms with Crippen LogP contribution in [0.2, 0.25) is 0 Å². The topological polar surface area (TPSA) is 114 Å². The zero-order valence-corrected chi connectivity index (χ0v) is 12.1. The Hall–Kier alpha value is -1.38. The van der Waals surface area contributed by atoms with Gasteiger partial charge in [-0.2, -0.15) is 0 Å². The van der Waals surface area contributed by atoms with Crippen LogP contribution in [0.1, 0.15) is 30.3 Å². The molecule has 1 aliphatic heterocycles. The van der Waals surface area contributed by atoms with Crippen LogP contribution in [-0.4, -0.2) is 38.6 Å². The van der Waals surface area contributed by atoms with E-state index in [-0.39, 0.29) is 22.5 Å². The van der Waals surface area contributed by atoms with Crippen LogP contribution in [0.25, 0.3) is 0 Å². The number of hydrogen-bond acceptors (Lipinski definition) is 4. The number of nitrogens with two attached hydrogens (primary N) is 1. The van der Waals surface area contributed by atoms with Crippen molar-refractivity contribution in [3.05, 3.63) is 18.0 Å². The Labute approximate surface area is 117 Å². The first-order valence-corrected chi connectivity index (χ1v) is 8.02. The first kappa shape index (κ1) is 15.0. The maximum atomic E-state index is 12.0. The minimum absolute atomic E-state index is 0.00707. The first-order chi connectivity index (χ1) is 9.38. The predicted molar refractivity (Wildman–Crippen MR) is 72.6 cm³/mol. The standard InChI is InChI=1S/C12H19N3O4S/c1-8(9-2-4-19-5-3-9)15-12(16)11-6-10(7-14-11)20(13,17)18/h6-9,14H,2-5H2,1H3,(H,15,16)(H2,13,17,18). The van der Waals surface area contributed by atoms with Crippen molar-refractivity contribution >= 4 is 15.9 Å². The summed E-state index contributed by atoms with van der Waals surface area (Å²) in [6.45, 7) is 3.36. The average molecular weight is 301 g/mol. The van der Waals surface area contributed by atoms with E-state index < -0.39 is 10.0 Å². The molecule has 0 saturated carbocycles. The van der Waals surface area contributed by atoms with E-state index in [0.717, 1.165) is 12.8 Å². The largest absolute Gasteiger partial charge is 0.381 e. The zero-order valence-electron chi connectivity index (χ0n) is 11.3. The van der Waals surface area contributed by atoms with Crippen molar-refractivity contribution in [1.29, 1.82) is 0 Å². The van der Waals surface area contributed by atoms with Crippen molar-refractivity contribution in [3.63, 3.8) is 0 Å². The van der Waals surface area contributed by atoms with Crippen LogP contribution in [0.4, 0.5) is 0 Å². The minimum Gasteiger partial charge on any atom is -0.381 e. The number of sulfonamides is 1. The van der Waals surface area contributed by atoms with Gasteiger partial charge in [-0.05, 0) is 31.7 Å². The predicted octanol–water partition coefficient (Wildman–Crippen LogP) is 0.207. The third-order valence-electron chi connectivity index (χ3n) is 3.56. The summed E-state index contributed by atoms with van der Waals surface area (Å²) in [6.07, 6.45) is 3.03. The normalized spacial score (nSPS) is 18.7. The number of H-pyrrole nitrogens is 1. The number of ether oxygens (including phenoxy) is 1. The van der Waals surface area contributed by atoms with E-state index in [9.17, 15) is 13.2 Å². The Morgan fingerprint density at radius 2 is 2.15 bits per heavy atom. The number of nitrogens with one attached hydrogen (secondary N) is 2. The summed E-state index contributed by atoms with van der Waals surface area (Å²) in [5.41, 5.74) is 0.188. The average Bonchev–Trinajstić information content (AvgIpc) is 2.89. The molecule has 4 N–H and O–H groups in total. The Bertz CT molecular complexity index is 575. The molecule has 1 aliphatic rings. The van der Waals surface area contributed by atoms with Crippen LogP contribution in [0.5, 0.6) is 0 Å². The van der Waals surface area contributed by atoms with E-state index in [1.165, 1.54) is 12.3 Å². The number of rotatable bonds is 4. The second-order valence-corrected chi connectivity index (χ2v) is 6.57. The first-order valence-electron chi connectivity index (χ1n) is 6.48. The molecule has 1 unspecified atom stereocenters. The van der Waals surface area contributed by atoms with E-state index in [1.807, 2.05) is 6.92 Å². The van der Waals surface area contributed by atoms with Crippen LogP contribution in [0.3, 0.4) is 0 Å². The second-order valence-electron chi connectivity index (χ2n) is 5.01. The van der Waals surface area contributed by atoms with Crippen molar-refractivity contribution in [2.24, 2.45) is 11.1 Å². The molecule has 112 valence electrons. The van der Waals surface area contributed by atoms with Gasteiger partial charge < -0.3 is 15.0 Å². The summed E-state index contributed by atoms with van der Waals surface area (Å²) in [7, 11) is -3.79. The lowest BCUT2D eigenvalue weighted by molar-refractivity contribution is 0.0537. The van der Waals surface area contributed by atoms with Gasteiger partial charge >= 0.3 is 0 Å². The van der Waals surface area contributed by atoms with Crippen LogP contribution >= 0.6 is 0 Å². The minimum atomic E-state index is -3.79. The molecule has 1 amide bonds. The van der Waals surface area contributed by atoms with Gasteiger partial charge in [0.2, 0.25) is 10.0 Å². The molecule has 7 nitrogen and oxygen atoms in total. The van der Waals surface area contributed by atoms with Crippen molar-refractivity contribution < 1.29 is 17.9 Å². The van der Waals surface area contributed by atoms with E-state index in [1.54, 1.807) is 0 Å². The van der Waals surface area contributed by atoms with Gasteiger partial charge in [-0.15, -0.1) is 0 Å². The van der Waals surface area contributed by atoms with Gasteiger partial charge in [-0.3, -0.25) is 4.79 Å². The number of amides is 1. The summed E-state index contributed by atoms with van der Waals surface area (Å²) in [4.78, 5) is 14.6. The SMILES string of the molecule is CC(NC(=O)c1cc(S(N)(=O)=O)c[nH]1)C1CCOCC1. The third kappa shape index (κ3) is 3.59. The van der Waals surface area contributed by atoms with Gasteiger partial charge in [0.25, 0.3) is 5.91 Å². The highest BCUT2D eigenvalue weighted by Gasteiger charge is 2.23. The van der Waals surface area contributed by atoms with Crippen LogP contribution in [0, 0.1) is 5.92 Å². The number of carbonyl (C=O) groups excluding carboxylic acids is 1. The maximum absolute atomic E-state index is 12.0. The lowest BCUT2D eigenvalue weighted by Crippen LogP contribution is -2.40.